The summed E-state index contributed by atoms with van der Waals surface area (Å²) in [5, 5.41) is 11.6. The topological polar surface area (TPSA) is 70.6 Å². The number of para-hydroxylation sites is 1. The second-order valence-corrected chi connectivity index (χ2v) is 7.42. The number of halogens is 3. The maximum Gasteiger partial charge on any atom is 0.277 e. The molecular weight excluding hydrogens is 457 g/mol. The average molecular weight is 476 g/mol. The normalized spacial score (nSPS) is 11.3. The van der Waals surface area contributed by atoms with E-state index >= 15 is 0 Å². The number of aliphatic hydroxyl groups is 1. The molecule has 140 valence electrons. The molecule has 3 N–H and O–H groups in total. The Labute approximate surface area is 163 Å². The van der Waals surface area contributed by atoms with E-state index in [-0.39, 0.29) is 23.5 Å². The first-order valence-electron chi connectivity index (χ1n) is 7.83. The van der Waals surface area contributed by atoms with Gasteiger partial charge in [-0.3, -0.25) is 9.63 Å². The van der Waals surface area contributed by atoms with Gasteiger partial charge in [0.15, 0.2) is 0 Å². The van der Waals surface area contributed by atoms with Gasteiger partial charge in [-0.05, 0) is 66.8 Å². The molecule has 0 radical (unpaired) electrons. The fourth-order valence-electron chi connectivity index (χ4n) is 2.13. The average Bonchev–Trinajstić information content (AvgIpc) is 2.56. The number of rotatable bonds is 7. The van der Waals surface area contributed by atoms with Crippen molar-refractivity contribution in [1.29, 1.82) is 0 Å². The molecule has 1 amide bonds. The number of carbonyl (C=O) groups excluding carboxylic acids is 1. The molecule has 2 rings (SSSR count). The van der Waals surface area contributed by atoms with Gasteiger partial charge in [0.25, 0.3) is 5.91 Å². The Balaban J connectivity index is 2.24. The van der Waals surface area contributed by atoms with Gasteiger partial charge in [-0.15, -0.1) is 0 Å². The molecule has 2 aromatic carbocycles. The smallest absolute Gasteiger partial charge is 0.277 e. The number of aliphatic hydroxyl groups excluding tert-OH is 1. The summed E-state index contributed by atoms with van der Waals surface area (Å²) in [7, 11) is 0. The van der Waals surface area contributed by atoms with E-state index in [4.69, 9.17) is 9.94 Å². The highest BCUT2D eigenvalue weighted by atomic mass is 127. The van der Waals surface area contributed by atoms with Crippen LogP contribution in [0.25, 0.3) is 0 Å². The Morgan fingerprint density at radius 1 is 1.23 bits per heavy atom. The van der Waals surface area contributed by atoms with E-state index in [1.165, 1.54) is 30.3 Å². The summed E-state index contributed by atoms with van der Waals surface area (Å²) in [5.74, 6) is -1.96. The number of hydroxylamine groups is 1. The molecular formula is C18H19F2IN2O3. The highest BCUT2D eigenvalue weighted by molar-refractivity contribution is 14.1. The summed E-state index contributed by atoms with van der Waals surface area (Å²) < 4.78 is 29.0. The van der Waals surface area contributed by atoms with Crippen molar-refractivity contribution >= 4 is 39.9 Å². The summed E-state index contributed by atoms with van der Waals surface area (Å²) in [4.78, 5) is 17.7. The molecule has 2 aromatic rings. The van der Waals surface area contributed by atoms with E-state index in [1.807, 2.05) is 22.6 Å². The summed E-state index contributed by atoms with van der Waals surface area (Å²) in [6, 6.07) is 8.36. The lowest BCUT2D eigenvalue weighted by Gasteiger charge is -2.24. The highest BCUT2D eigenvalue weighted by Gasteiger charge is 2.22. The van der Waals surface area contributed by atoms with E-state index < -0.39 is 23.1 Å². The van der Waals surface area contributed by atoms with Crippen LogP contribution in [0.1, 0.15) is 30.6 Å². The molecule has 0 aliphatic heterocycles. The van der Waals surface area contributed by atoms with Crippen LogP contribution in [0, 0.1) is 15.2 Å². The predicted molar refractivity (Wildman–Crippen MR) is 103 cm³/mol. The van der Waals surface area contributed by atoms with Gasteiger partial charge in [0.2, 0.25) is 0 Å². The van der Waals surface area contributed by atoms with Gasteiger partial charge in [-0.2, -0.15) is 0 Å². The van der Waals surface area contributed by atoms with Crippen LogP contribution in [0.3, 0.4) is 0 Å². The standard InChI is InChI=1S/C18H19F2IN2O3/c1-18(2,8-9-24)26-23-17(25)12-4-3-5-13(19)16(12)22-15-7-6-11(21)10-14(15)20/h3-7,10,22,24H,8-9H2,1-2H3,(H,23,25). The molecule has 0 unspecified atom stereocenters. The largest absolute Gasteiger partial charge is 0.396 e. The van der Waals surface area contributed by atoms with Crippen LogP contribution < -0.4 is 10.8 Å². The summed E-state index contributed by atoms with van der Waals surface area (Å²) in [6.45, 7) is 3.27. The van der Waals surface area contributed by atoms with Crippen LogP contribution in [0.15, 0.2) is 36.4 Å². The molecule has 0 bridgehead atoms. The van der Waals surface area contributed by atoms with Crippen molar-refractivity contribution in [2.45, 2.75) is 25.9 Å². The van der Waals surface area contributed by atoms with Crippen molar-refractivity contribution < 1.29 is 23.5 Å². The van der Waals surface area contributed by atoms with E-state index in [0.717, 1.165) is 0 Å². The Morgan fingerprint density at radius 2 is 1.96 bits per heavy atom. The van der Waals surface area contributed by atoms with E-state index in [1.54, 1.807) is 19.9 Å². The Hall–Kier alpha value is -1.78. The maximum absolute atomic E-state index is 14.3. The zero-order chi connectivity index (χ0) is 19.3. The van der Waals surface area contributed by atoms with Gasteiger partial charge in [-0.1, -0.05) is 6.07 Å². The number of carbonyl (C=O) groups is 1. The van der Waals surface area contributed by atoms with Crippen LogP contribution >= 0.6 is 22.6 Å². The number of benzene rings is 2. The van der Waals surface area contributed by atoms with Crippen molar-refractivity contribution in [2.75, 3.05) is 11.9 Å². The number of nitrogens with one attached hydrogen (secondary N) is 2. The molecule has 0 saturated heterocycles. The van der Waals surface area contributed by atoms with Crippen molar-refractivity contribution in [2.24, 2.45) is 0 Å². The van der Waals surface area contributed by atoms with Gasteiger partial charge in [0.1, 0.15) is 11.6 Å². The molecule has 26 heavy (non-hydrogen) atoms. The molecule has 0 saturated carbocycles. The summed E-state index contributed by atoms with van der Waals surface area (Å²) in [5.41, 5.74) is 1.30. The zero-order valence-corrected chi connectivity index (χ0v) is 16.4. The molecule has 0 aromatic heterocycles. The first-order valence-corrected chi connectivity index (χ1v) is 8.91. The molecule has 0 heterocycles. The van der Waals surface area contributed by atoms with Crippen LogP contribution in [0.5, 0.6) is 0 Å². The van der Waals surface area contributed by atoms with Crippen LogP contribution in [-0.2, 0) is 4.84 Å². The molecule has 8 heteroatoms. The second-order valence-electron chi connectivity index (χ2n) is 6.18. The molecule has 0 atom stereocenters. The van der Waals surface area contributed by atoms with Crippen molar-refractivity contribution in [3.63, 3.8) is 0 Å². The Kier molecular flexibility index (Phi) is 6.90. The van der Waals surface area contributed by atoms with Crippen molar-refractivity contribution in [3.05, 3.63) is 57.2 Å². The Bertz CT molecular complexity index is 800. The number of hydrogen-bond acceptors (Lipinski definition) is 4. The lowest BCUT2D eigenvalue weighted by atomic mass is 10.1. The molecule has 5 nitrogen and oxygen atoms in total. The lowest BCUT2D eigenvalue weighted by molar-refractivity contribution is -0.0805. The van der Waals surface area contributed by atoms with Gasteiger partial charge in [0.05, 0.1) is 22.5 Å². The minimum absolute atomic E-state index is 0.0391. The molecule has 0 fully saturated rings. The SMILES string of the molecule is CC(C)(CCO)ONC(=O)c1cccc(F)c1Nc1ccc(I)cc1F. The number of anilines is 2. The van der Waals surface area contributed by atoms with Crippen LogP contribution in [0.2, 0.25) is 0 Å². The fourth-order valence-corrected chi connectivity index (χ4v) is 2.58. The predicted octanol–water partition coefficient (Wildman–Crippen LogP) is 4.14. The quantitative estimate of drug-likeness (QED) is 0.415. The van der Waals surface area contributed by atoms with E-state index in [0.29, 0.717) is 9.99 Å². The molecule has 0 aliphatic rings. The van der Waals surface area contributed by atoms with Gasteiger partial charge < -0.3 is 10.4 Å². The molecule has 0 spiro atoms. The molecule has 0 aliphatic carbocycles. The van der Waals surface area contributed by atoms with Crippen molar-refractivity contribution in [3.8, 4) is 0 Å². The first kappa shape index (κ1) is 20.5. The fraction of sp³-hybridized carbons (Fsp3) is 0.278. The maximum atomic E-state index is 14.3. The third kappa shape index (κ3) is 5.36. The van der Waals surface area contributed by atoms with Crippen LogP contribution in [-0.4, -0.2) is 23.2 Å². The monoisotopic (exact) mass is 476 g/mol. The van der Waals surface area contributed by atoms with Crippen molar-refractivity contribution in [1.82, 2.24) is 5.48 Å². The number of hydrogen-bond donors (Lipinski definition) is 3. The van der Waals surface area contributed by atoms with E-state index in [2.05, 4.69) is 10.8 Å². The zero-order valence-electron chi connectivity index (χ0n) is 14.3. The summed E-state index contributed by atoms with van der Waals surface area (Å²) >= 11 is 1.96. The lowest BCUT2D eigenvalue weighted by Crippen LogP contribution is -2.36. The third-order valence-corrected chi connectivity index (χ3v) is 4.25. The minimum atomic E-state index is -0.798. The first-order chi connectivity index (χ1) is 12.2. The van der Waals surface area contributed by atoms with Crippen LogP contribution in [0.4, 0.5) is 20.2 Å². The Morgan fingerprint density at radius 3 is 2.62 bits per heavy atom. The van der Waals surface area contributed by atoms with E-state index in [9.17, 15) is 13.6 Å². The van der Waals surface area contributed by atoms with Gasteiger partial charge in [-0.25, -0.2) is 14.3 Å². The third-order valence-electron chi connectivity index (χ3n) is 3.58. The minimum Gasteiger partial charge on any atom is -0.396 e. The van der Waals surface area contributed by atoms with Gasteiger partial charge in [0, 0.05) is 16.6 Å². The number of amides is 1. The highest BCUT2D eigenvalue weighted by Crippen LogP contribution is 2.27. The van der Waals surface area contributed by atoms with Gasteiger partial charge >= 0.3 is 0 Å². The second kappa shape index (κ2) is 8.74. The summed E-state index contributed by atoms with van der Waals surface area (Å²) in [6.07, 6.45) is 0.301.